The Morgan fingerprint density at radius 3 is 2.76 bits per heavy atom. The molecule has 1 amide bonds. The van der Waals surface area contributed by atoms with Gasteiger partial charge in [-0.05, 0) is 13.8 Å². The molecule has 0 aliphatic rings. The topological polar surface area (TPSA) is 59.0 Å². The van der Waals surface area contributed by atoms with Crippen LogP contribution in [0.15, 0.2) is 0 Å². The molecular formula is C11H19ClN4O. The SMILES string of the molecule is CCNC(=O)CCNCc1c(Cl)c(C)nn1C. The molecule has 0 fully saturated rings. The maximum absolute atomic E-state index is 11.2. The molecule has 96 valence electrons. The third-order valence-electron chi connectivity index (χ3n) is 2.46. The Kier molecular flexibility index (Phi) is 5.44. The van der Waals surface area contributed by atoms with E-state index in [0.29, 0.717) is 31.1 Å². The Hall–Kier alpha value is -1.07. The van der Waals surface area contributed by atoms with Gasteiger partial charge >= 0.3 is 0 Å². The average Bonchev–Trinajstić information content (AvgIpc) is 2.50. The molecule has 0 unspecified atom stereocenters. The number of aromatic nitrogens is 2. The minimum absolute atomic E-state index is 0.0623. The number of nitrogens with zero attached hydrogens (tertiary/aromatic N) is 2. The number of carbonyl (C=O) groups excluding carboxylic acids is 1. The predicted octanol–water partition coefficient (Wildman–Crippen LogP) is 0.998. The summed E-state index contributed by atoms with van der Waals surface area (Å²) in [6.45, 7) is 5.71. The van der Waals surface area contributed by atoms with Crippen molar-refractivity contribution < 1.29 is 4.79 Å². The summed E-state index contributed by atoms with van der Waals surface area (Å²) in [4.78, 5) is 11.2. The standard InChI is InChI=1S/C11H19ClN4O/c1-4-14-10(17)5-6-13-7-9-11(12)8(2)15-16(9)3/h13H,4-7H2,1-3H3,(H,14,17). The lowest BCUT2D eigenvalue weighted by atomic mass is 10.3. The average molecular weight is 259 g/mol. The fraction of sp³-hybridized carbons (Fsp3) is 0.636. The van der Waals surface area contributed by atoms with E-state index in [2.05, 4.69) is 15.7 Å². The highest BCUT2D eigenvalue weighted by Crippen LogP contribution is 2.18. The second kappa shape index (κ2) is 6.61. The molecule has 0 atom stereocenters. The van der Waals surface area contributed by atoms with Gasteiger partial charge in [-0.3, -0.25) is 9.48 Å². The highest BCUT2D eigenvalue weighted by molar-refractivity contribution is 6.31. The zero-order chi connectivity index (χ0) is 12.8. The van der Waals surface area contributed by atoms with Gasteiger partial charge in [-0.2, -0.15) is 5.10 Å². The second-order valence-electron chi connectivity index (χ2n) is 3.85. The Balaban J connectivity index is 2.34. The number of amides is 1. The van der Waals surface area contributed by atoms with Gasteiger partial charge in [0.15, 0.2) is 0 Å². The number of carbonyl (C=O) groups is 1. The smallest absolute Gasteiger partial charge is 0.221 e. The van der Waals surface area contributed by atoms with Crippen LogP contribution in [0.25, 0.3) is 0 Å². The van der Waals surface area contributed by atoms with E-state index in [9.17, 15) is 4.79 Å². The van der Waals surface area contributed by atoms with E-state index in [1.54, 1.807) is 4.68 Å². The minimum atomic E-state index is 0.0623. The lowest BCUT2D eigenvalue weighted by Gasteiger charge is -2.06. The van der Waals surface area contributed by atoms with Crippen molar-refractivity contribution in [2.45, 2.75) is 26.8 Å². The quantitative estimate of drug-likeness (QED) is 0.749. The highest BCUT2D eigenvalue weighted by Gasteiger charge is 2.10. The molecule has 5 nitrogen and oxygen atoms in total. The first-order valence-corrected chi connectivity index (χ1v) is 6.09. The Bertz CT molecular complexity index is 389. The highest BCUT2D eigenvalue weighted by atomic mass is 35.5. The molecule has 6 heteroatoms. The Morgan fingerprint density at radius 2 is 2.24 bits per heavy atom. The molecule has 1 aromatic rings. The number of hydrogen-bond acceptors (Lipinski definition) is 3. The van der Waals surface area contributed by atoms with Crippen molar-refractivity contribution in [3.8, 4) is 0 Å². The first-order chi connectivity index (χ1) is 8.06. The van der Waals surface area contributed by atoms with Crippen LogP contribution in [-0.4, -0.2) is 28.8 Å². The van der Waals surface area contributed by atoms with E-state index >= 15 is 0 Å². The van der Waals surface area contributed by atoms with E-state index in [4.69, 9.17) is 11.6 Å². The zero-order valence-corrected chi connectivity index (χ0v) is 11.3. The van der Waals surface area contributed by atoms with Crippen molar-refractivity contribution >= 4 is 17.5 Å². The van der Waals surface area contributed by atoms with Gasteiger partial charge in [0.05, 0.1) is 16.4 Å². The molecule has 0 spiro atoms. The van der Waals surface area contributed by atoms with Gasteiger partial charge in [0.25, 0.3) is 0 Å². The van der Waals surface area contributed by atoms with Crippen LogP contribution in [0.4, 0.5) is 0 Å². The van der Waals surface area contributed by atoms with Crippen molar-refractivity contribution in [1.29, 1.82) is 0 Å². The lowest BCUT2D eigenvalue weighted by molar-refractivity contribution is -0.120. The summed E-state index contributed by atoms with van der Waals surface area (Å²) < 4.78 is 1.76. The zero-order valence-electron chi connectivity index (χ0n) is 10.5. The number of aryl methyl sites for hydroxylation is 2. The van der Waals surface area contributed by atoms with Gasteiger partial charge in [-0.1, -0.05) is 11.6 Å². The maximum Gasteiger partial charge on any atom is 0.221 e. The molecule has 0 saturated heterocycles. The Morgan fingerprint density at radius 1 is 1.53 bits per heavy atom. The molecule has 17 heavy (non-hydrogen) atoms. The second-order valence-corrected chi connectivity index (χ2v) is 4.23. The van der Waals surface area contributed by atoms with Gasteiger partial charge in [0, 0.05) is 33.1 Å². The number of rotatable bonds is 6. The molecule has 0 aliphatic heterocycles. The molecule has 1 rings (SSSR count). The molecule has 0 bridgehead atoms. The summed E-state index contributed by atoms with van der Waals surface area (Å²) in [5.74, 6) is 0.0623. The summed E-state index contributed by atoms with van der Waals surface area (Å²) in [6, 6.07) is 0. The summed E-state index contributed by atoms with van der Waals surface area (Å²) >= 11 is 6.10. The van der Waals surface area contributed by atoms with Crippen molar-refractivity contribution in [2.75, 3.05) is 13.1 Å². The normalized spacial score (nSPS) is 10.6. The van der Waals surface area contributed by atoms with Crippen LogP contribution < -0.4 is 10.6 Å². The van der Waals surface area contributed by atoms with Crippen molar-refractivity contribution in [1.82, 2.24) is 20.4 Å². The van der Waals surface area contributed by atoms with E-state index < -0.39 is 0 Å². The van der Waals surface area contributed by atoms with Gasteiger partial charge in [-0.25, -0.2) is 0 Å². The molecule has 1 heterocycles. The van der Waals surface area contributed by atoms with Gasteiger partial charge in [-0.15, -0.1) is 0 Å². The predicted molar refractivity (Wildman–Crippen MR) is 68.0 cm³/mol. The van der Waals surface area contributed by atoms with Crippen LogP contribution in [-0.2, 0) is 18.4 Å². The summed E-state index contributed by atoms with van der Waals surface area (Å²) in [6.07, 6.45) is 0.474. The largest absolute Gasteiger partial charge is 0.356 e. The fourth-order valence-corrected chi connectivity index (χ4v) is 1.79. The molecular weight excluding hydrogens is 240 g/mol. The summed E-state index contributed by atoms with van der Waals surface area (Å²) in [5.41, 5.74) is 1.77. The maximum atomic E-state index is 11.2. The molecule has 0 aliphatic carbocycles. The van der Waals surface area contributed by atoms with Crippen LogP contribution >= 0.6 is 11.6 Å². The lowest BCUT2D eigenvalue weighted by Crippen LogP contribution is -2.27. The molecule has 2 N–H and O–H groups in total. The Labute approximate surface area is 107 Å². The monoisotopic (exact) mass is 258 g/mol. The first-order valence-electron chi connectivity index (χ1n) is 5.71. The number of nitrogens with one attached hydrogen (secondary N) is 2. The minimum Gasteiger partial charge on any atom is -0.356 e. The third kappa shape index (κ3) is 4.02. The molecule has 1 aromatic heterocycles. The third-order valence-corrected chi connectivity index (χ3v) is 2.95. The molecule has 0 radical (unpaired) electrons. The summed E-state index contributed by atoms with van der Waals surface area (Å²) in [7, 11) is 1.86. The van der Waals surface area contributed by atoms with Crippen LogP contribution in [0.1, 0.15) is 24.7 Å². The van der Waals surface area contributed by atoms with E-state index in [1.165, 1.54) is 0 Å². The summed E-state index contributed by atoms with van der Waals surface area (Å²) in [5, 5.41) is 10.8. The van der Waals surface area contributed by atoms with Crippen LogP contribution in [0.5, 0.6) is 0 Å². The van der Waals surface area contributed by atoms with E-state index in [-0.39, 0.29) is 5.91 Å². The van der Waals surface area contributed by atoms with Gasteiger partial charge < -0.3 is 10.6 Å². The van der Waals surface area contributed by atoms with Gasteiger partial charge in [0.1, 0.15) is 0 Å². The van der Waals surface area contributed by atoms with Crippen molar-refractivity contribution in [2.24, 2.45) is 7.05 Å². The van der Waals surface area contributed by atoms with Crippen LogP contribution in [0.2, 0.25) is 5.02 Å². The van der Waals surface area contributed by atoms with Crippen LogP contribution in [0.3, 0.4) is 0 Å². The fourth-order valence-electron chi connectivity index (χ4n) is 1.57. The number of hydrogen-bond donors (Lipinski definition) is 2. The molecule has 0 aromatic carbocycles. The van der Waals surface area contributed by atoms with Gasteiger partial charge in [0.2, 0.25) is 5.91 Å². The number of halogens is 1. The van der Waals surface area contributed by atoms with E-state index in [0.717, 1.165) is 11.4 Å². The van der Waals surface area contributed by atoms with E-state index in [1.807, 2.05) is 20.9 Å². The first kappa shape index (κ1) is 14.0. The van der Waals surface area contributed by atoms with Crippen molar-refractivity contribution in [3.63, 3.8) is 0 Å². The molecule has 0 saturated carbocycles. The van der Waals surface area contributed by atoms with Crippen molar-refractivity contribution in [3.05, 3.63) is 16.4 Å². The van der Waals surface area contributed by atoms with Crippen LogP contribution in [0, 0.1) is 6.92 Å².